The molecule has 7 heteroatoms. The number of hydrogen-bond acceptors (Lipinski definition) is 5. The van der Waals surface area contributed by atoms with Crippen molar-refractivity contribution < 1.29 is 5.11 Å². The van der Waals surface area contributed by atoms with Crippen molar-refractivity contribution in [2.24, 2.45) is 12.0 Å². The molecule has 26 heavy (non-hydrogen) atoms. The highest BCUT2D eigenvalue weighted by molar-refractivity contribution is 5.82. The number of aliphatic hydroxyl groups is 1. The molecule has 3 aromatic rings. The zero-order chi connectivity index (χ0) is 18.9. The summed E-state index contributed by atoms with van der Waals surface area (Å²) in [6.07, 6.45) is 7.90. The van der Waals surface area contributed by atoms with Gasteiger partial charge in [0.05, 0.1) is 16.8 Å². The number of fused-ring (bicyclic) bond motifs is 1. The van der Waals surface area contributed by atoms with Crippen molar-refractivity contribution in [2.75, 3.05) is 5.73 Å². The van der Waals surface area contributed by atoms with Gasteiger partial charge >= 0.3 is 0 Å². The fourth-order valence-corrected chi connectivity index (χ4v) is 2.93. The van der Waals surface area contributed by atoms with Gasteiger partial charge in [-0.3, -0.25) is 0 Å². The van der Waals surface area contributed by atoms with Gasteiger partial charge in [0.25, 0.3) is 0 Å². The monoisotopic (exact) mass is 352 g/mol. The lowest BCUT2D eigenvalue weighted by Crippen LogP contribution is -2.23. The Morgan fingerprint density at radius 2 is 2.08 bits per heavy atom. The summed E-state index contributed by atoms with van der Waals surface area (Å²) in [6.45, 7) is 5.44. The molecule has 3 rings (SSSR count). The van der Waals surface area contributed by atoms with Crippen molar-refractivity contribution in [3.8, 4) is 11.1 Å². The first kappa shape index (κ1) is 17.9. The van der Waals surface area contributed by atoms with Gasteiger partial charge < -0.3 is 15.4 Å². The van der Waals surface area contributed by atoms with E-state index in [1.165, 1.54) is 0 Å². The molecular weight excluding hydrogens is 328 g/mol. The van der Waals surface area contributed by atoms with Crippen LogP contribution in [0.1, 0.15) is 26.5 Å². The number of aryl methyl sites for hydroxylation is 1. The molecular formula is C19H24N6O. The number of nitrogen functional groups attached to an aromatic ring is 1. The average Bonchev–Trinajstić information content (AvgIpc) is 2.96. The molecule has 0 aromatic carbocycles. The second-order valence-electron chi connectivity index (χ2n) is 6.93. The summed E-state index contributed by atoms with van der Waals surface area (Å²) in [5.74, 6) is 0.185. The summed E-state index contributed by atoms with van der Waals surface area (Å²) in [5, 5.41) is 14.5. The minimum atomic E-state index is -0.900. The first-order valence-electron chi connectivity index (χ1n) is 8.46. The zero-order valence-electron chi connectivity index (χ0n) is 15.5. The molecule has 3 heterocycles. The Balaban J connectivity index is 2.19. The van der Waals surface area contributed by atoms with Crippen LogP contribution in [0.4, 0.5) is 5.95 Å². The predicted molar refractivity (Wildman–Crippen MR) is 102 cm³/mol. The van der Waals surface area contributed by atoms with Gasteiger partial charge in [0.15, 0.2) is 0 Å². The van der Waals surface area contributed by atoms with Gasteiger partial charge in [-0.15, -0.1) is 5.10 Å². The Labute approximate surface area is 152 Å². The number of anilines is 1. The third kappa shape index (κ3) is 3.67. The van der Waals surface area contributed by atoms with E-state index in [4.69, 9.17) is 5.73 Å². The van der Waals surface area contributed by atoms with Crippen molar-refractivity contribution in [2.45, 2.75) is 32.8 Å². The molecule has 0 bridgehead atoms. The number of nitrogens with zero attached hydrogens (tertiary/aromatic N) is 5. The summed E-state index contributed by atoms with van der Waals surface area (Å²) >= 11 is 0. The van der Waals surface area contributed by atoms with E-state index in [2.05, 4.69) is 15.1 Å². The van der Waals surface area contributed by atoms with Gasteiger partial charge in [0.2, 0.25) is 5.95 Å². The van der Waals surface area contributed by atoms with E-state index in [0.717, 1.165) is 27.8 Å². The summed E-state index contributed by atoms with van der Waals surface area (Å²) < 4.78 is 3.68. The fourth-order valence-electron chi connectivity index (χ4n) is 2.93. The Hall–Kier alpha value is -2.93. The third-order valence-corrected chi connectivity index (χ3v) is 3.97. The molecule has 0 saturated heterocycles. The summed E-state index contributed by atoms with van der Waals surface area (Å²) in [7, 11) is 1.95. The molecule has 136 valence electrons. The topological polar surface area (TPSA) is 93.7 Å². The molecule has 0 aliphatic rings. The maximum absolute atomic E-state index is 10.2. The molecule has 7 nitrogen and oxygen atoms in total. The van der Waals surface area contributed by atoms with Crippen molar-refractivity contribution >= 4 is 11.5 Å². The van der Waals surface area contributed by atoms with Crippen LogP contribution >= 0.6 is 0 Å². The normalized spacial score (nSPS) is 13.2. The van der Waals surface area contributed by atoms with Gasteiger partial charge in [0, 0.05) is 43.2 Å². The van der Waals surface area contributed by atoms with Crippen LogP contribution in [0.5, 0.6) is 0 Å². The molecule has 0 aliphatic heterocycles. The van der Waals surface area contributed by atoms with Crippen molar-refractivity contribution in [1.29, 1.82) is 0 Å². The van der Waals surface area contributed by atoms with Gasteiger partial charge in [0.1, 0.15) is 5.49 Å². The smallest absolute Gasteiger partial charge is 0.238 e. The van der Waals surface area contributed by atoms with E-state index in [-0.39, 0.29) is 5.95 Å². The summed E-state index contributed by atoms with van der Waals surface area (Å²) in [6, 6.07) is 5.96. The van der Waals surface area contributed by atoms with E-state index in [1.54, 1.807) is 24.6 Å². The van der Waals surface area contributed by atoms with Crippen LogP contribution < -0.4 is 11.2 Å². The third-order valence-electron chi connectivity index (χ3n) is 3.97. The minimum Gasteiger partial charge on any atom is -0.390 e. The lowest BCUT2D eigenvalue weighted by molar-refractivity contribution is 0.0802. The Bertz CT molecular complexity index is 1040. The molecule has 0 aliphatic carbocycles. The van der Waals surface area contributed by atoms with E-state index in [9.17, 15) is 5.11 Å². The number of rotatable bonds is 4. The Morgan fingerprint density at radius 1 is 1.31 bits per heavy atom. The Kier molecular flexibility index (Phi) is 4.65. The van der Waals surface area contributed by atoms with Crippen LogP contribution in [0, 0.1) is 0 Å². The fraction of sp³-hybridized carbons (Fsp3) is 0.316. The van der Waals surface area contributed by atoms with Crippen molar-refractivity contribution in [1.82, 2.24) is 19.2 Å². The summed E-state index contributed by atoms with van der Waals surface area (Å²) in [4.78, 5) is 8.77. The first-order valence-corrected chi connectivity index (χ1v) is 8.46. The van der Waals surface area contributed by atoms with Crippen LogP contribution in [0.2, 0.25) is 0 Å². The van der Waals surface area contributed by atoms with Gasteiger partial charge in [-0.2, -0.15) is 0 Å². The van der Waals surface area contributed by atoms with Crippen LogP contribution in [0.15, 0.2) is 47.9 Å². The minimum absolute atomic E-state index is 0.185. The number of aromatic nitrogens is 4. The standard InChI is InChI=1S/C19H24N6O/c1-5-9-21-16-7-6-13(12-24(16)4)14-8-10-25-17(14)15(11-19(2,3)26)22-18(20)23-25/h5-10,12,26H,11H2,1-4H3,(H2,20,23)/b9-5-,21-16?. The quantitative estimate of drug-likeness (QED) is 0.751. The van der Waals surface area contributed by atoms with E-state index in [0.29, 0.717) is 6.42 Å². The van der Waals surface area contributed by atoms with Crippen molar-refractivity contribution in [3.05, 3.63) is 54.1 Å². The number of pyridine rings is 1. The maximum atomic E-state index is 10.2. The van der Waals surface area contributed by atoms with Crippen molar-refractivity contribution in [3.63, 3.8) is 0 Å². The molecule has 3 aromatic heterocycles. The largest absolute Gasteiger partial charge is 0.390 e. The zero-order valence-corrected chi connectivity index (χ0v) is 15.5. The van der Waals surface area contributed by atoms with Crippen LogP contribution in [0.25, 0.3) is 16.6 Å². The van der Waals surface area contributed by atoms with Gasteiger partial charge in [-0.1, -0.05) is 6.08 Å². The molecule has 3 N–H and O–H groups in total. The first-order chi connectivity index (χ1) is 12.3. The lowest BCUT2D eigenvalue weighted by atomic mass is 10.00. The maximum Gasteiger partial charge on any atom is 0.238 e. The van der Waals surface area contributed by atoms with E-state index < -0.39 is 5.60 Å². The highest BCUT2D eigenvalue weighted by Gasteiger charge is 2.20. The van der Waals surface area contributed by atoms with Gasteiger partial charge in [-0.25, -0.2) is 14.5 Å². The molecule has 0 amide bonds. The molecule has 0 fully saturated rings. The summed E-state index contributed by atoms with van der Waals surface area (Å²) in [5.41, 5.74) is 9.35. The lowest BCUT2D eigenvalue weighted by Gasteiger charge is -2.17. The highest BCUT2D eigenvalue weighted by atomic mass is 16.3. The second kappa shape index (κ2) is 6.76. The molecule has 0 saturated carbocycles. The second-order valence-corrected chi connectivity index (χ2v) is 6.93. The number of hydrogen-bond donors (Lipinski definition) is 2. The molecule has 0 spiro atoms. The highest BCUT2D eigenvalue weighted by Crippen LogP contribution is 2.28. The average molecular weight is 352 g/mol. The number of nitrogens with two attached hydrogens (primary N) is 1. The van der Waals surface area contributed by atoms with E-state index in [1.807, 2.05) is 55.2 Å². The predicted octanol–water partition coefficient (Wildman–Crippen LogP) is 2.06. The molecule has 0 unspecified atom stereocenters. The number of allylic oxidation sites excluding steroid dienone is 1. The van der Waals surface area contributed by atoms with Crippen LogP contribution in [-0.4, -0.2) is 29.9 Å². The molecule has 0 radical (unpaired) electrons. The SMILES string of the molecule is C/C=C\N=c1ccc(-c2ccn3nc(N)nc(CC(C)(C)O)c23)cn1C. The van der Waals surface area contributed by atoms with E-state index >= 15 is 0 Å². The van der Waals surface area contributed by atoms with Crippen LogP contribution in [-0.2, 0) is 13.5 Å². The van der Waals surface area contributed by atoms with Gasteiger partial charge in [-0.05, 0) is 39.0 Å². The Morgan fingerprint density at radius 3 is 2.73 bits per heavy atom. The molecule has 0 atom stereocenters. The van der Waals surface area contributed by atoms with Crippen LogP contribution in [0.3, 0.4) is 0 Å².